The molecule has 0 saturated carbocycles. The van der Waals surface area contributed by atoms with E-state index in [4.69, 9.17) is 9.47 Å². The topological polar surface area (TPSA) is 52.6 Å². The van der Waals surface area contributed by atoms with Gasteiger partial charge in [0.15, 0.2) is 11.6 Å². The quantitative estimate of drug-likeness (QED) is 0.729. The number of carbonyl (C=O) groups is 2. The lowest BCUT2D eigenvalue weighted by Crippen LogP contribution is -2.06. The monoisotopic (exact) mass is 312 g/mol. The lowest BCUT2D eigenvalue weighted by atomic mass is 10.0. The fraction of sp³-hybridized carbons (Fsp3) is 0.263. The summed E-state index contributed by atoms with van der Waals surface area (Å²) in [5.41, 5.74) is 2.12. The van der Waals surface area contributed by atoms with Crippen LogP contribution in [0.5, 0.6) is 11.5 Å². The van der Waals surface area contributed by atoms with E-state index in [1.54, 1.807) is 50.6 Å². The van der Waals surface area contributed by atoms with Crippen molar-refractivity contribution in [2.45, 2.75) is 19.8 Å². The second-order valence-corrected chi connectivity index (χ2v) is 5.26. The number of hydrogen-bond acceptors (Lipinski definition) is 4. The third-order valence-corrected chi connectivity index (χ3v) is 3.72. The molecule has 0 saturated heterocycles. The molecule has 0 bridgehead atoms. The second kappa shape index (κ2) is 7.58. The highest BCUT2D eigenvalue weighted by Crippen LogP contribution is 2.21. The van der Waals surface area contributed by atoms with E-state index in [2.05, 4.69) is 0 Å². The SMILES string of the molecule is COc1ccc(C(=O)CCC(=O)c2ccc(C)c(OC)c2)cc1. The zero-order chi connectivity index (χ0) is 16.8. The molecule has 0 aliphatic rings. The lowest BCUT2D eigenvalue weighted by molar-refractivity contribution is 0.0917. The largest absolute Gasteiger partial charge is 0.497 e. The molecule has 0 unspecified atom stereocenters. The number of methoxy groups -OCH3 is 2. The number of benzene rings is 2. The van der Waals surface area contributed by atoms with Crippen molar-refractivity contribution in [2.75, 3.05) is 14.2 Å². The van der Waals surface area contributed by atoms with E-state index in [-0.39, 0.29) is 24.4 Å². The number of Topliss-reactive ketones (excluding diaryl/α,β-unsaturated/α-hetero) is 2. The summed E-state index contributed by atoms with van der Waals surface area (Å²) in [5, 5.41) is 0. The van der Waals surface area contributed by atoms with Gasteiger partial charge in [0.25, 0.3) is 0 Å². The Labute approximate surface area is 136 Å². The Hall–Kier alpha value is -2.62. The van der Waals surface area contributed by atoms with Crippen LogP contribution in [-0.4, -0.2) is 25.8 Å². The van der Waals surface area contributed by atoms with Gasteiger partial charge in [0, 0.05) is 24.0 Å². The molecule has 0 amide bonds. The molecule has 23 heavy (non-hydrogen) atoms. The van der Waals surface area contributed by atoms with Crippen LogP contribution in [-0.2, 0) is 0 Å². The Bertz CT molecular complexity index is 702. The summed E-state index contributed by atoms with van der Waals surface area (Å²) in [6.45, 7) is 1.92. The van der Waals surface area contributed by atoms with Crippen molar-refractivity contribution in [3.63, 3.8) is 0 Å². The molecule has 2 aromatic carbocycles. The molecule has 0 spiro atoms. The maximum atomic E-state index is 12.2. The normalized spacial score (nSPS) is 10.2. The van der Waals surface area contributed by atoms with Crippen molar-refractivity contribution in [2.24, 2.45) is 0 Å². The minimum absolute atomic E-state index is 0.0555. The van der Waals surface area contributed by atoms with Gasteiger partial charge in [0.05, 0.1) is 14.2 Å². The van der Waals surface area contributed by atoms with Crippen LogP contribution in [0.4, 0.5) is 0 Å². The summed E-state index contributed by atoms with van der Waals surface area (Å²) in [4.78, 5) is 24.4. The molecule has 0 atom stereocenters. The van der Waals surface area contributed by atoms with Gasteiger partial charge in [-0.2, -0.15) is 0 Å². The summed E-state index contributed by atoms with van der Waals surface area (Å²) >= 11 is 0. The highest BCUT2D eigenvalue weighted by molar-refractivity contribution is 6.02. The van der Waals surface area contributed by atoms with E-state index in [0.717, 1.165) is 5.56 Å². The lowest BCUT2D eigenvalue weighted by Gasteiger charge is -2.07. The number of hydrogen-bond donors (Lipinski definition) is 0. The minimum Gasteiger partial charge on any atom is -0.497 e. The minimum atomic E-state index is -0.0647. The molecule has 0 aromatic heterocycles. The average Bonchev–Trinajstić information content (AvgIpc) is 2.59. The van der Waals surface area contributed by atoms with Crippen LogP contribution in [0.3, 0.4) is 0 Å². The van der Waals surface area contributed by atoms with Crippen LogP contribution < -0.4 is 9.47 Å². The van der Waals surface area contributed by atoms with Gasteiger partial charge in [0.1, 0.15) is 11.5 Å². The van der Waals surface area contributed by atoms with E-state index in [0.29, 0.717) is 22.6 Å². The van der Waals surface area contributed by atoms with Crippen molar-refractivity contribution < 1.29 is 19.1 Å². The van der Waals surface area contributed by atoms with E-state index in [9.17, 15) is 9.59 Å². The number of carbonyl (C=O) groups excluding carboxylic acids is 2. The van der Waals surface area contributed by atoms with Gasteiger partial charge in [-0.25, -0.2) is 0 Å². The van der Waals surface area contributed by atoms with Crippen molar-refractivity contribution in [1.29, 1.82) is 0 Å². The predicted molar refractivity (Wildman–Crippen MR) is 88.6 cm³/mol. The molecule has 0 aliphatic carbocycles. The zero-order valence-electron chi connectivity index (χ0n) is 13.6. The summed E-state index contributed by atoms with van der Waals surface area (Å²) in [7, 11) is 3.15. The third-order valence-electron chi connectivity index (χ3n) is 3.72. The molecule has 120 valence electrons. The molecule has 0 N–H and O–H groups in total. The summed E-state index contributed by atoms with van der Waals surface area (Å²) in [5.74, 6) is 1.26. The summed E-state index contributed by atoms with van der Waals surface area (Å²) in [6, 6.07) is 12.2. The van der Waals surface area contributed by atoms with Crippen molar-refractivity contribution >= 4 is 11.6 Å². The first-order valence-corrected chi connectivity index (χ1v) is 7.40. The standard InChI is InChI=1S/C19H20O4/c1-13-4-5-15(12-19(13)23-3)18(21)11-10-17(20)14-6-8-16(22-2)9-7-14/h4-9,12H,10-11H2,1-3H3. The van der Waals surface area contributed by atoms with E-state index >= 15 is 0 Å². The highest BCUT2D eigenvalue weighted by Gasteiger charge is 2.12. The van der Waals surface area contributed by atoms with Gasteiger partial charge in [-0.1, -0.05) is 12.1 Å². The first-order valence-electron chi connectivity index (χ1n) is 7.40. The number of ether oxygens (including phenoxy) is 2. The molecule has 4 heteroatoms. The molecule has 2 rings (SSSR count). The van der Waals surface area contributed by atoms with Crippen molar-refractivity contribution in [1.82, 2.24) is 0 Å². The van der Waals surface area contributed by atoms with Gasteiger partial charge in [-0.3, -0.25) is 9.59 Å². The van der Waals surface area contributed by atoms with Crippen LogP contribution in [0.2, 0.25) is 0 Å². The molecule has 4 nitrogen and oxygen atoms in total. The molecular formula is C19H20O4. The number of aryl methyl sites for hydroxylation is 1. The first kappa shape index (κ1) is 16.7. The van der Waals surface area contributed by atoms with Crippen LogP contribution >= 0.6 is 0 Å². The van der Waals surface area contributed by atoms with E-state index < -0.39 is 0 Å². The second-order valence-electron chi connectivity index (χ2n) is 5.26. The molecule has 0 radical (unpaired) electrons. The fourth-order valence-electron chi connectivity index (χ4n) is 2.29. The molecular weight excluding hydrogens is 292 g/mol. The van der Waals surface area contributed by atoms with Gasteiger partial charge in [0.2, 0.25) is 0 Å². The Balaban J connectivity index is 1.99. The van der Waals surface area contributed by atoms with Crippen LogP contribution in [0.15, 0.2) is 42.5 Å². The smallest absolute Gasteiger partial charge is 0.163 e. The molecule has 2 aromatic rings. The summed E-state index contributed by atoms with van der Waals surface area (Å²) in [6.07, 6.45) is 0.360. The van der Waals surface area contributed by atoms with Crippen molar-refractivity contribution in [3.8, 4) is 11.5 Å². The average molecular weight is 312 g/mol. The summed E-state index contributed by atoms with van der Waals surface area (Å²) < 4.78 is 10.3. The Kier molecular flexibility index (Phi) is 5.52. The third kappa shape index (κ3) is 4.19. The molecule has 0 heterocycles. The van der Waals surface area contributed by atoms with Gasteiger partial charge in [-0.15, -0.1) is 0 Å². The molecule has 0 fully saturated rings. The Morgan fingerprint density at radius 2 is 1.39 bits per heavy atom. The van der Waals surface area contributed by atoms with Gasteiger partial charge in [-0.05, 0) is 42.8 Å². The fourth-order valence-corrected chi connectivity index (χ4v) is 2.29. The van der Waals surface area contributed by atoms with Crippen LogP contribution in [0.25, 0.3) is 0 Å². The van der Waals surface area contributed by atoms with E-state index in [1.165, 1.54) is 0 Å². The first-order chi connectivity index (χ1) is 11.0. The van der Waals surface area contributed by atoms with Crippen LogP contribution in [0.1, 0.15) is 39.1 Å². The Morgan fingerprint density at radius 1 is 0.826 bits per heavy atom. The predicted octanol–water partition coefficient (Wildman–Crippen LogP) is 3.86. The van der Waals surface area contributed by atoms with Gasteiger partial charge < -0.3 is 9.47 Å². The zero-order valence-corrected chi connectivity index (χ0v) is 13.6. The maximum Gasteiger partial charge on any atom is 0.163 e. The number of ketones is 2. The van der Waals surface area contributed by atoms with Gasteiger partial charge >= 0.3 is 0 Å². The highest BCUT2D eigenvalue weighted by atomic mass is 16.5. The number of rotatable bonds is 7. The molecule has 0 aliphatic heterocycles. The van der Waals surface area contributed by atoms with Crippen LogP contribution in [0, 0.1) is 6.92 Å². The maximum absolute atomic E-state index is 12.2. The van der Waals surface area contributed by atoms with E-state index in [1.807, 2.05) is 13.0 Å². The Morgan fingerprint density at radius 3 is 1.96 bits per heavy atom. The van der Waals surface area contributed by atoms with Crippen molar-refractivity contribution in [3.05, 3.63) is 59.2 Å².